The Morgan fingerprint density at radius 2 is 2.50 bits per heavy atom. The van der Waals surface area contributed by atoms with Crippen LogP contribution < -0.4 is 5.73 Å². The molecule has 0 unspecified atom stereocenters. The van der Waals surface area contributed by atoms with Crippen LogP contribution in [0.15, 0.2) is 4.99 Å². The van der Waals surface area contributed by atoms with Crippen LogP contribution in [0.2, 0.25) is 0 Å². The van der Waals surface area contributed by atoms with Gasteiger partial charge < -0.3 is 5.73 Å². The van der Waals surface area contributed by atoms with Crippen molar-refractivity contribution in [2.75, 3.05) is 0 Å². The zero-order valence-electron chi connectivity index (χ0n) is 3.13. The third-order valence-electron chi connectivity index (χ3n) is 0.218. The Hall–Kier alpha value is -0.880. The fourth-order valence-electron chi connectivity index (χ4n) is 0.0764. The number of aliphatic imine (C=N–C) groups is 1. The second-order valence-corrected chi connectivity index (χ2v) is 0.571. The van der Waals surface area contributed by atoms with Crippen molar-refractivity contribution in [2.24, 2.45) is 10.7 Å². The van der Waals surface area contributed by atoms with Crippen molar-refractivity contribution >= 4 is 6.21 Å². The van der Waals surface area contributed by atoms with E-state index in [1.165, 1.54) is 19.0 Å². The van der Waals surface area contributed by atoms with Gasteiger partial charge in [-0.05, 0) is 0 Å². The molecule has 0 aromatic heterocycles. The zero-order chi connectivity index (χ0) is 4.83. The average Bonchev–Trinajstić information content (AvgIpc) is 1.61. The molecule has 0 saturated heterocycles. The maximum absolute atomic E-state index is 7.67. The summed E-state index contributed by atoms with van der Waals surface area (Å²) in [4.78, 5) is 3.09. The number of nitrogens with zero attached hydrogens (tertiary/aromatic N) is 2. The lowest BCUT2D eigenvalue weighted by molar-refractivity contribution is 1.43. The van der Waals surface area contributed by atoms with Crippen molar-refractivity contribution in [3.63, 3.8) is 0 Å². The Morgan fingerprint density at radius 3 is 2.67 bits per heavy atom. The van der Waals surface area contributed by atoms with Gasteiger partial charge in [0.05, 0.1) is 6.54 Å². The van der Waals surface area contributed by atoms with Crippen LogP contribution in [0.1, 0.15) is 0 Å². The van der Waals surface area contributed by atoms with E-state index in [0.717, 1.165) is 0 Å². The zero-order valence-corrected chi connectivity index (χ0v) is 3.13. The summed E-state index contributed by atoms with van der Waals surface area (Å²) in [6, 6.07) is 0. The van der Waals surface area contributed by atoms with Gasteiger partial charge in [0.2, 0.25) is 6.19 Å². The number of rotatable bonds is 1. The second kappa shape index (κ2) is 4.12. The first-order chi connectivity index (χ1) is 2.91. The van der Waals surface area contributed by atoms with Gasteiger partial charge in [-0.3, -0.25) is 0 Å². The Kier molecular flexibility index (Phi) is 3.52. The van der Waals surface area contributed by atoms with Crippen molar-refractivity contribution in [3.05, 3.63) is 6.54 Å². The largest absolute Gasteiger partial charge is 0.322 e. The molecule has 0 bridgehead atoms. The molecule has 0 saturated carbocycles. The summed E-state index contributed by atoms with van der Waals surface area (Å²) in [5.74, 6) is 0. The molecule has 0 heterocycles. The number of nitrogens with two attached hydrogens (primary N) is 1. The molecule has 3 nitrogen and oxygen atoms in total. The van der Waals surface area contributed by atoms with Gasteiger partial charge in [0.15, 0.2) is 0 Å². The summed E-state index contributed by atoms with van der Waals surface area (Å²) in [5.41, 5.74) is 4.79. The van der Waals surface area contributed by atoms with Crippen LogP contribution in [0.25, 0.3) is 0 Å². The van der Waals surface area contributed by atoms with Crippen LogP contribution in [0.3, 0.4) is 0 Å². The van der Waals surface area contributed by atoms with Gasteiger partial charge in [0, 0.05) is 6.21 Å². The van der Waals surface area contributed by atoms with Crippen molar-refractivity contribution in [1.29, 1.82) is 5.26 Å². The lowest BCUT2D eigenvalue weighted by Gasteiger charge is -1.63. The van der Waals surface area contributed by atoms with E-state index in [1.54, 1.807) is 0 Å². The molecule has 0 aliphatic carbocycles. The lowest BCUT2D eigenvalue weighted by Crippen LogP contribution is -1.88. The highest BCUT2D eigenvalue weighted by atomic mass is 14.7. The van der Waals surface area contributed by atoms with E-state index >= 15 is 0 Å². The third-order valence-corrected chi connectivity index (χ3v) is 0.218. The molecule has 1 radical (unpaired) electrons. The molecule has 3 heteroatoms. The van der Waals surface area contributed by atoms with E-state index in [4.69, 9.17) is 11.0 Å². The Morgan fingerprint density at radius 1 is 1.83 bits per heavy atom. The van der Waals surface area contributed by atoms with Gasteiger partial charge in [-0.15, -0.1) is 0 Å². The first-order valence-corrected chi connectivity index (χ1v) is 1.37. The van der Waals surface area contributed by atoms with Crippen LogP contribution in [0, 0.1) is 18.0 Å². The molecule has 0 rings (SSSR count). The summed E-state index contributed by atoms with van der Waals surface area (Å²) >= 11 is 0. The molecule has 0 aromatic carbocycles. The van der Waals surface area contributed by atoms with Gasteiger partial charge >= 0.3 is 0 Å². The van der Waals surface area contributed by atoms with Crippen LogP contribution in [-0.4, -0.2) is 6.21 Å². The Labute approximate surface area is 36.1 Å². The van der Waals surface area contributed by atoms with E-state index in [1.807, 2.05) is 0 Å². The van der Waals surface area contributed by atoms with Crippen LogP contribution in [0.4, 0.5) is 0 Å². The van der Waals surface area contributed by atoms with Crippen LogP contribution >= 0.6 is 0 Å². The van der Waals surface area contributed by atoms with Gasteiger partial charge in [0.25, 0.3) is 0 Å². The Bertz CT molecular complexity index is 78.5. The molecule has 0 spiro atoms. The van der Waals surface area contributed by atoms with E-state index in [9.17, 15) is 0 Å². The monoisotopic (exact) mass is 82.0 g/mol. The quantitative estimate of drug-likeness (QED) is 0.347. The number of nitriles is 1. The molecule has 0 atom stereocenters. The fraction of sp³-hybridized carbons (Fsp3) is 0. The molecule has 2 N–H and O–H groups in total. The molecule has 0 amide bonds. The van der Waals surface area contributed by atoms with Gasteiger partial charge in [-0.2, -0.15) is 10.3 Å². The molecule has 0 aliphatic heterocycles. The highest BCUT2D eigenvalue weighted by Crippen LogP contribution is 1.53. The highest BCUT2D eigenvalue weighted by Gasteiger charge is 1.58. The SMILES string of the molecule is N#CN=C[CH]N. The molecule has 0 fully saturated rings. The summed E-state index contributed by atoms with van der Waals surface area (Å²) in [7, 11) is 0. The standard InChI is InChI=1S/C3H4N3/c4-1-2-6-3-5/h1-2H,4H2. The predicted octanol–water partition coefficient (Wildman–Crippen LogP) is -0.341. The predicted molar refractivity (Wildman–Crippen MR) is 22.6 cm³/mol. The third kappa shape index (κ3) is 3.12. The van der Waals surface area contributed by atoms with Crippen LogP contribution in [-0.2, 0) is 0 Å². The summed E-state index contributed by atoms with van der Waals surface area (Å²) in [5, 5.41) is 7.67. The summed E-state index contributed by atoms with van der Waals surface area (Å²) < 4.78 is 0. The minimum Gasteiger partial charge on any atom is -0.322 e. The molecular weight excluding hydrogens is 78.1 g/mol. The first kappa shape index (κ1) is 5.12. The molecule has 0 aromatic rings. The molecular formula is C3H4N3. The maximum Gasteiger partial charge on any atom is 0.205 e. The topological polar surface area (TPSA) is 62.2 Å². The normalized spacial score (nSPS) is 8.67. The fourth-order valence-corrected chi connectivity index (χ4v) is 0.0764. The van der Waals surface area contributed by atoms with Crippen molar-refractivity contribution in [2.45, 2.75) is 0 Å². The van der Waals surface area contributed by atoms with Crippen molar-refractivity contribution in [3.8, 4) is 6.19 Å². The molecule has 0 aliphatic rings. The van der Waals surface area contributed by atoms with E-state index in [0.29, 0.717) is 0 Å². The summed E-state index contributed by atoms with van der Waals surface area (Å²) in [6.45, 7) is 1.20. The van der Waals surface area contributed by atoms with Gasteiger partial charge in [-0.1, -0.05) is 0 Å². The maximum atomic E-state index is 7.67. The molecule has 6 heavy (non-hydrogen) atoms. The second-order valence-electron chi connectivity index (χ2n) is 0.571. The average molecular weight is 82.1 g/mol. The highest BCUT2D eigenvalue weighted by molar-refractivity contribution is 5.67. The molecule has 31 valence electrons. The van der Waals surface area contributed by atoms with Crippen molar-refractivity contribution in [1.82, 2.24) is 0 Å². The first-order valence-electron chi connectivity index (χ1n) is 1.37. The van der Waals surface area contributed by atoms with E-state index in [2.05, 4.69) is 4.99 Å². The Balaban J connectivity index is 3.02. The van der Waals surface area contributed by atoms with Crippen molar-refractivity contribution < 1.29 is 0 Å². The minimum absolute atomic E-state index is 1.20. The van der Waals surface area contributed by atoms with E-state index in [-0.39, 0.29) is 0 Å². The minimum atomic E-state index is 1.20. The number of hydrogen-bond donors (Lipinski definition) is 1. The van der Waals surface area contributed by atoms with Crippen LogP contribution in [0.5, 0.6) is 0 Å². The summed E-state index contributed by atoms with van der Waals surface area (Å²) in [6.07, 6.45) is 2.75. The smallest absolute Gasteiger partial charge is 0.205 e. The van der Waals surface area contributed by atoms with E-state index < -0.39 is 0 Å². The lowest BCUT2D eigenvalue weighted by atomic mass is 10.8. The van der Waals surface area contributed by atoms with Gasteiger partial charge in [-0.25, -0.2) is 0 Å². The number of hydrogen-bond acceptors (Lipinski definition) is 3. The van der Waals surface area contributed by atoms with Gasteiger partial charge in [0.1, 0.15) is 0 Å².